The van der Waals surface area contributed by atoms with Crippen molar-refractivity contribution in [1.82, 2.24) is 9.97 Å². The van der Waals surface area contributed by atoms with E-state index >= 15 is 0 Å². The van der Waals surface area contributed by atoms with Crippen LogP contribution < -0.4 is 10.3 Å². The lowest BCUT2D eigenvalue weighted by molar-refractivity contribution is 0.293. The topological polar surface area (TPSA) is 55.0 Å². The molecule has 3 rings (SSSR count). The van der Waals surface area contributed by atoms with Crippen LogP contribution in [0.15, 0.2) is 29.1 Å². The van der Waals surface area contributed by atoms with Gasteiger partial charge in [0.2, 0.25) is 0 Å². The first-order valence-corrected chi connectivity index (χ1v) is 7.76. The van der Waals surface area contributed by atoms with E-state index in [0.29, 0.717) is 12.4 Å². The van der Waals surface area contributed by atoms with Gasteiger partial charge in [0.1, 0.15) is 18.2 Å². The average Bonchev–Trinajstić information content (AvgIpc) is 2.46. The zero-order chi connectivity index (χ0) is 13.9. The summed E-state index contributed by atoms with van der Waals surface area (Å²) in [7, 11) is 0. The summed E-state index contributed by atoms with van der Waals surface area (Å²) in [5.74, 6) is 3.21. The van der Waals surface area contributed by atoms with Crippen LogP contribution in [-0.4, -0.2) is 15.7 Å². The molecule has 1 aliphatic heterocycles. The smallest absolute Gasteiger partial charge is 0.255 e. The van der Waals surface area contributed by atoms with Crippen molar-refractivity contribution in [2.24, 2.45) is 0 Å². The second-order valence-electron chi connectivity index (χ2n) is 4.79. The maximum Gasteiger partial charge on any atom is 0.255 e. The SMILES string of the molecule is Cc1ccccc1OCc1nc2c(c(=O)[nH]1)CSCC2. The van der Waals surface area contributed by atoms with E-state index in [1.54, 1.807) is 11.8 Å². The highest BCUT2D eigenvalue weighted by atomic mass is 32.2. The van der Waals surface area contributed by atoms with Crippen molar-refractivity contribution >= 4 is 11.8 Å². The Hall–Kier alpha value is -1.75. The third-order valence-corrected chi connectivity index (χ3v) is 4.32. The quantitative estimate of drug-likeness (QED) is 0.942. The minimum absolute atomic E-state index is 0.0226. The molecule has 0 bridgehead atoms. The van der Waals surface area contributed by atoms with Gasteiger partial charge in [0.05, 0.1) is 5.69 Å². The van der Waals surface area contributed by atoms with E-state index in [0.717, 1.165) is 40.5 Å². The zero-order valence-corrected chi connectivity index (χ0v) is 12.1. The van der Waals surface area contributed by atoms with Gasteiger partial charge in [0, 0.05) is 11.3 Å². The van der Waals surface area contributed by atoms with Crippen LogP contribution in [0.5, 0.6) is 5.75 Å². The van der Waals surface area contributed by atoms with E-state index in [-0.39, 0.29) is 5.56 Å². The first kappa shape index (κ1) is 13.2. The minimum atomic E-state index is -0.0226. The minimum Gasteiger partial charge on any atom is -0.485 e. The highest BCUT2D eigenvalue weighted by Crippen LogP contribution is 2.21. The summed E-state index contributed by atoms with van der Waals surface area (Å²) in [6, 6.07) is 7.82. The number of rotatable bonds is 3. The number of hydrogen-bond donors (Lipinski definition) is 1. The normalized spacial score (nSPS) is 13.8. The monoisotopic (exact) mass is 288 g/mol. The second kappa shape index (κ2) is 5.71. The third-order valence-electron chi connectivity index (χ3n) is 3.34. The Morgan fingerprint density at radius 3 is 3.10 bits per heavy atom. The molecule has 2 heterocycles. The standard InChI is InChI=1S/C15H16N2O2S/c1-10-4-2-3-5-13(10)19-8-14-16-12-6-7-20-9-11(12)15(18)17-14/h2-5H,6-9H2,1H3,(H,16,17,18). The van der Waals surface area contributed by atoms with Crippen LogP contribution in [-0.2, 0) is 18.8 Å². The number of hydrogen-bond acceptors (Lipinski definition) is 4. The fourth-order valence-corrected chi connectivity index (χ4v) is 3.21. The van der Waals surface area contributed by atoms with Crippen molar-refractivity contribution in [3.63, 3.8) is 0 Å². The van der Waals surface area contributed by atoms with Crippen molar-refractivity contribution in [2.75, 3.05) is 5.75 Å². The molecule has 0 saturated carbocycles. The number of aryl methyl sites for hydroxylation is 2. The van der Waals surface area contributed by atoms with Gasteiger partial charge in [0.25, 0.3) is 5.56 Å². The molecule has 0 aliphatic carbocycles. The Bertz CT molecular complexity index is 682. The molecule has 2 aromatic rings. The van der Waals surface area contributed by atoms with Crippen LogP contribution in [0, 0.1) is 6.92 Å². The molecule has 0 amide bonds. The van der Waals surface area contributed by atoms with Gasteiger partial charge >= 0.3 is 0 Å². The zero-order valence-electron chi connectivity index (χ0n) is 11.3. The molecule has 0 radical (unpaired) electrons. The molecule has 1 aromatic heterocycles. The Morgan fingerprint density at radius 1 is 1.40 bits per heavy atom. The molecular weight excluding hydrogens is 272 g/mol. The van der Waals surface area contributed by atoms with Crippen LogP contribution in [0.25, 0.3) is 0 Å². The van der Waals surface area contributed by atoms with Gasteiger partial charge in [-0.2, -0.15) is 11.8 Å². The molecule has 0 saturated heterocycles. The Balaban J connectivity index is 1.80. The maximum absolute atomic E-state index is 12.0. The molecular formula is C15H16N2O2S. The van der Waals surface area contributed by atoms with Gasteiger partial charge in [-0.05, 0) is 30.7 Å². The van der Waals surface area contributed by atoms with Crippen molar-refractivity contribution in [2.45, 2.75) is 25.7 Å². The molecule has 1 N–H and O–H groups in total. The number of nitrogens with zero attached hydrogens (tertiary/aromatic N) is 1. The van der Waals surface area contributed by atoms with E-state index in [9.17, 15) is 4.79 Å². The predicted molar refractivity (Wildman–Crippen MR) is 80.2 cm³/mol. The molecule has 0 atom stereocenters. The van der Waals surface area contributed by atoms with Gasteiger partial charge in [0.15, 0.2) is 0 Å². The second-order valence-corrected chi connectivity index (χ2v) is 5.90. The summed E-state index contributed by atoms with van der Waals surface area (Å²) in [5.41, 5.74) is 2.80. The predicted octanol–water partition coefficient (Wildman–Crippen LogP) is 2.45. The molecule has 104 valence electrons. The average molecular weight is 288 g/mol. The Labute approximate surface area is 121 Å². The molecule has 5 heteroatoms. The first-order valence-electron chi connectivity index (χ1n) is 6.61. The van der Waals surface area contributed by atoms with Crippen molar-refractivity contribution in [3.05, 3.63) is 57.3 Å². The number of fused-ring (bicyclic) bond motifs is 1. The molecule has 0 unspecified atom stereocenters. The number of ether oxygens (including phenoxy) is 1. The third kappa shape index (κ3) is 2.72. The van der Waals surface area contributed by atoms with Gasteiger partial charge in [-0.3, -0.25) is 4.79 Å². The number of thioether (sulfide) groups is 1. The number of benzene rings is 1. The Morgan fingerprint density at radius 2 is 2.25 bits per heavy atom. The van der Waals surface area contributed by atoms with Crippen molar-refractivity contribution in [1.29, 1.82) is 0 Å². The number of aromatic amines is 1. The van der Waals surface area contributed by atoms with E-state index in [2.05, 4.69) is 9.97 Å². The maximum atomic E-state index is 12.0. The van der Waals surface area contributed by atoms with Crippen LogP contribution >= 0.6 is 11.8 Å². The van der Waals surface area contributed by atoms with Gasteiger partial charge < -0.3 is 9.72 Å². The highest BCUT2D eigenvalue weighted by Gasteiger charge is 2.15. The largest absolute Gasteiger partial charge is 0.485 e. The lowest BCUT2D eigenvalue weighted by Crippen LogP contribution is -2.23. The van der Waals surface area contributed by atoms with Gasteiger partial charge in [-0.15, -0.1) is 0 Å². The van der Waals surface area contributed by atoms with E-state index in [4.69, 9.17) is 4.74 Å². The molecule has 0 spiro atoms. The fraction of sp³-hybridized carbons (Fsp3) is 0.333. The van der Waals surface area contributed by atoms with Crippen LogP contribution in [0.1, 0.15) is 22.6 Å². The Kier molecular flexibility index (Phi) is 3.78. The van der Waals surface area contributed by atoms with Crippen LogP contribution in [0.2, 0.25) is 0 Å². The summed E-state index contributed by atoms with van der Waals surface area (Å²) >= 11 is 1.78. The van der Waals surface area contributed by atoms with Gasteiger partial charge in [-0.25, -0.2) is 4.98 Å². The van der Waals surface area contributed by atoms with E-state index in [1.165, 1.54) is 0 Å². The first-order chi connectivity index (χ1) is 9.74. The summed E-state index contributed by atoms with van der Waals surface area (Å²) in [6.45, 7) is 2.29. The summed E-state index contributed by atoms with van der Waals surface area (Å²) in [4.78, 5) is 19.3. The molecule has 20 heavy (non-hydrogen) atoms. The van der Waals surface area contributed by atoms with Crippen LogP contribution in [0.4, 0.5) is 0 Å². The highest BCUT2D eigenvalue weighted by molar-refractivity contribution is 7.98. The van der Waals surface area contributed by atoms with Crippen molar-refractivity contribution < 1.29 is 4.74 Å². The fourth-order valence-electron chi connectivity index (χ4n) is 2.23. The summed E-state index contributed by atoms with van der Waals surface area (Å²) in [6.07, 6.45) is 0.862. The van der Waals surface area contributed by atoms with Gasteiger partial charge in [-0.1, -0.05) is 18.2 Å². The lowest BCUT2D eigenvalue weighted by Gasteiger charge is -2.15. The summed E-state index contributed by atoms with van der Waals surface area (Å²) < 4.78 is 5.73. The molecule has 1 aliphatic rings. The number of para-hydroxylation sites is 1. The molecule has 0 fully saturated rings. The molecule has 1 aromatic carbocycles. The number of H-pyrrole nitrogens is 1. The van der Waals surface area contributed by atoms with Crippen LogP contribution in [0.3, 0.4) is 0 Å². The van der Waals surface area contributed by atoms with E-state index < -0.39 is 0 Å². The van der Waals surface area contributed by atoms with Crippen molar-refractivity contribution in [3.8, 4) is 5.75 Å². The number of aromatic nitrogens is 2. The number of nitrogens with one attached hydrogen (secondary N) is 1. The summed E-state index contributed by atoms with van der Waals surface area (Å²) in [5, 5.41) is 0. The molecule has 4 nitrogen and oxygen atoms in total. The lowest BCUT2D eigenvalue weighted by atomic mass is 10.2. The van der Waals surface area contributed by atoms with E-state index in [1.807, 2.05) is 31.2 Å².